The molecule has 0 spiro atoms. The van der Waals surface area contributed by atoms with Crippen LogP contribution in [0.1, 0.15) is 32.0 Å². The normalized spacial score (nSPS) is 15.3. The highest BCUT2D eigenvalue weighted by Crippen LogP contribution is 2.30. The Kier molecular flexibility index (Phi) is 8.98. The van der Waals surface area contributed by atoms with E-state index in [1.165, 1.54) is 0 Å². The number of carbonyl (C=O) groups is 1. The number of carbonyl (C=O) groups excluding carboxylic acids is 1. The van der Waals surface area contributed by atoms with E-state index in [4.69, 9.17) is 54.1 Å². The van der Waals surface area contributed by atoms with Crippen molar-refractivity contribution in [3.8, 4) is 11.4 Å². The molecule has 1 aromatic carbocycles. The SMILES string of the molecule is Cc1ccc(-n2nc(C(C)(C)C)cc2NC(=O)OCC(Cl)(Cl)Cl)cc1OCCN1CCOCC1. The van der Waals surface area contributed by atoms with Gasteiger partial charge in [0.05, 0.1) is 24.6 Å². The molecule has 0 aliphatic carbocycles. The van der Waals surface area contributed by atoms with Crippen LogP contribution in [0.25, 0.3) is 5.69 Å². The molecule has 11 heteroatoms. The second-order valence-electron chi connectivity index (χ2n) is 9.15. The highest BCUT2D eigenvalue weighted by Gasteiger charge is 2.25. The lowest BCUT2D eigenvalue weighted by atomic mass is 9.92. The third-order valence-electron chi connectivity index (χ3n) is 5.26. The Bertz CT molecular complexity index is 980. The molecule has 2 heterocycles. The Hall–Kier alpha value is -1.71. The van der Waals surface area contributed by atoms with E-state index >= 15 is 0 Å². The van der Waals surface area contributed by atoms with Crippen LogP contribution in [0.15, 0.2) is 24.3 Å². The minimum Gasteiger partial charge on any atom is -0.492 e. The Morgan fingerprint density at radius 2 is 1.88 bits per heavy atom. The van der Waals surface area contributed by atoms with E-state index in [0.717, 1.165) is 55.5 Å². The second-order valence-corrected chi connectivity index (χ2v) is 11.7. The van der Waals surface area contributed by atoms with Crippen LogP contribution in [0.3, 0.4) is 0 Å². The quantitative estimate of drug-likeness (QED) is 0.499. The molecule has 34 heavy (non-hydrogen) atoms. The Morgan fingerprint density at radius 1 is 1.18 bits per heavy atom. The van der Waals surface area contributed by atoms with Crippen LogP contribution in [0.4, 0.5) is 10.6 Å². The first-order valence-electron chi connectivity index (χ1n) is 11.1. The van der Waals surface area contributed by atoms with Gasteiger partial charge < -0.3 is 14.2 Å². The first kappa shape index (κ1) is 26.9. The molecular formula is C23H31Cl3N4O4. The molecule has 1 fully saturated rings. The monoisotopic (exact) mass is 532 g/mol. The smallest absolute Gasteiger partial charge is 0.412 e. The van der Waals surface area contributed by atoms with Crippen LogP contribution in [0.2, 0.25) is 0 Å². The van der Waals surface area contributed by atoms with Crippen molar-refractivity contribution in [1.29, 1.82) is 0 Å². The standard InChI is InChI=1S/C23H31Cl3N4O4/c1-16-5-6-17(13-18(16)33-12-9-29-7-10-32-11-8-29)30-20(14-19(28-30)22(2,3)4)27-21(31)34-15-23(24,25)26/h5-6,13-14H,7-12,15H2,1-4H3,(H,27,31). The average molecular weight is 534 g/mol. The lowest BCUT2D eigenvalue weighted by molar-refractivity contribution is 0.0322. The first-order valence-corrected chi connectivity index (χ1v) is 12.2. The van der Waals surface area contributed by atoms with Gasteiger partial charge in [-0.1, -0.05) is 61.6 Å². The largest absolute Gasteiger partial charge is 0.492 e. The summed E-state index contributed by atoms with van der Waals surface area (Å²) in [5.74, 6) is 1.19. The molecule has 0 atom stereocenters. The van der Waals surface area contributed by atoms with E-state index in [0.29, 0.717) is 12.4 Å². The number of halogens is 3. The molecule has 8 nitrogen and oxygen atoms in total. The highest BCUT2D eigenvalue weighted by molar-refractivity contribution is 6.67. The first-order chi connectivity index (χ1) is 15.9. The number of amides is 1. The van der Waals surface area contributed by atoms with Gasteiger partial charge >= 0.3 is 6.09 Å². The summed E-state index contributed by atoms with van der Waals surface area (Å²) >= 11 is 17.0. The third kappa shape index (κ3) is 7.92. The number of anilines is 1. The summed E-state index contributed by atoms with van der Waals surface area (Å²) in [6, 6.07) is 7.59. The van der Waals surface area contributed by atoms with Crippen molar-refractivity contribution in [2.45, 2.75) is 36.9 Å². The number of ether oxygens (including phenoxy) is 3. The maximum absolute atomic E-state index is 12.3. The van der Waals surface area contributed by atoms with Crippen LogP contribution in [0.5, 0.6) is 5.75 Å². The summed E-state index contributed by atoms with van der Waals surface area (Å²) in [6.07, 6.45) is -0.748. The molecule has 0 saturated carbocycles. The summed E-state index contributed by atoms with van der Waals surface area (Å²) in [4.78, 5) is 14.6. The van der Waals surface area contributed by atoms with Crippen LogP contribution < -0.4 is 10.1 Å². The van der Waals surface area contributed by atoms with Gasteiger partial charge in [-0.15, -0.1) is 0 Å². The van der Waals surface area contributed by atoms with Gasteiger partial charge in [0.15, 0.2) is 0 Å². The lowest BCUT2D eigenvalue weighted by Gasteiger charge is -2.26. The summed E-state index contributed by atoms with van der Waals surface area (Å²) < 4.78 is 16.5. The molecule has 1 N–H and O–H groups in total. The summed E-state index contributed by atoms with van der Waals surface area (Å²) in [5, 5.41) is 7.43. The highest BCUT2D eigenvalue weighted by atomic mass is 35.6. The zero-order valence-corrected chi connectivity index (χ0v) is 22.1. The number of nitrogens with one attached hydrogen (secondary N) is 1. The van der Waals surface area contributed by atoms with E-state index < -0.39 is 9.89 Å². The Morgan fingerprint density at radius 3 is 2.53 bits per heavy atom. The van der Waals surface area contributed by atoms with E-state index in [1.807, 2.05) is 45.9 Å². The molecule has 188 valence electrons. The maximum Gasteiger partial charge on any atom is 0.412 e. The second kappa shape index (κ2) is 11.4. The van der Waals surface area contributed by atoms with Gasteiger partial charge in [-0.05, 0) is 18.6 Å². The maximum atomic E-state index is 12.3. The molecule has 2 aromatic rings. The minimum atomic E-state index is -1.70. The number of morpholine rings is 1. The van der Waals surface area contributed by atoms with E-state index in [9.17, 15) is 4.79 Å². The number of aromatic nitrogens is 2. The zero-order chi connectivity index (χ0) is 24.9. The number of hydrogen-bond acceptors (Lipinski definition) is 6. The number of alkyl halides is 3. The average Bonchev–Trinajstić information content (AvgIpc) is 3.18. The minimum absolute atomic E-state index is 0.245. The Balaban J connectivity index is 1.79. The summed E-state index contributed by atoms with van der Waals surface area (Å²) in [5.41, 5.74) is 2.29. The molecule has 0 unspecified atom stereocenters. The number of aryl methyl sites for hydroxylation is 1. The number of nitrogens with zero attached hydrogens (tertiary/aromatic N) is 3. The fourth-order valence-electron chi connectivity index (χ4n) is 3.31. The summed E-state index contributed by atoms with van der Waals surface area (Å²) in [6.45, 7) is 12.5. The van der Waals surface area contributed by atoms with Crippen LogP contribution in [-0.4, -0.2) is 70.6 Å². The van der Waals surface area contributed by atoms with E-state index in [2.05, 4.69) is 10.2 Å². The summed E-state index contributed by atoms with van der Waals surface area (Å²) in [7, 11) is 0. The van der Waals surface area contributed by atoms with E-state index in [-0.39, 0.29) is 12.0 Å². The molecular weight excluding hydrogens is 503 g/mol. The van der Waals surface area contributed by atoms with Gasteiger partial charge in [0.2, 0.25) is 3.79 Å². The van der Waals surface area contributed by atoms with Crippen molar-refractivity contribution in [1.82, 2.24) is 14.7 Å². The molecule has 1 amide bonds. The molecule has 1 aliphatic heterocycles. The molecule has 1 aromatic heterocycles. The molecule has 1 saturated heterocycles. The van der Waals surface area contributed by atoms with Gasteiger partial charge in [0.1, 0.15) is 24.8 Å². The number of benzene rings is 1. The molecule has 3 rings (SSSR count). The van der Waals surface area contributed by atoms with Crippen molar-refractivity contribution in [2.75, 3.05) is 51.4 Å². The van der Waals surface area contributed by atoms with Crippen molar-refractivity contribution in [3.05, 3.63) is 35.5 Å². The van der Waals surface area contributed by atoms with Crippen molar-refractivity contribution >= 4 is 46.7 Å². The third-order valence-corrected chi connectivity index (χ3v) is 5.59. The lowest BCUT2D eigenvalue weighted by Crippen LogP contribution is -2.38. The zero-order valence-electron chi connectivity index (χ0n) is 19.9. The van der Waals surface area contributed by atoms with E-state index in [1.54, 1.807) is 10.7 Å². The fourth-order valence-corrected chi connectivity index (χ4v) is 3.47. The van der Waals surface area contributed by atoms with Crippen LogP contribution >= 0.6 is 34.8 Å². The van der Waals surface area contributed by atoms with Gasteiger partial charge in [0.25, 0.3) is 0 Å². The molecule has 1 aliphatic rings. The fraction of sp³-hybridized carbons (Fsp3) is 0.565. The number of rotatable bonds is 7. The van der Waals surface area contributed by atoms with Crippen molar-refractivity contribution in [3.63, 3.8) is 0 Å². The Labute approximate surface area is 215 Å². The molecule has 0 radical (unpaired) electrons. The van der Waals surface area contributed by atoms with Gasteiger partial charge in [-0.25, -0.2) is 9.48 Å². The van der Waals surface area contributed by atoms with Gasteiger partial charge in [-0.2, -0.15) is 5.10 Å². The van der Waals surface area contributed by atoms with Gasteiger partial charge in [0, 0.05) is 37.2 Å². The predicted molar refractivity (Wildman–Crippen MR) is 135 cm³/mol. The van der Waals surface area contributed by atoms with Crippen molar-refractivity contribution < 1.29 is 19.0 Å². The van der Waals surface area contributed by atoms with Crippen LogP contribution in [0, 0.1) is 6.92 Å². The molecule has 0 bridgehead atoms. The predicted octanol–water partition coefficient (Wildman–Crippen LogP) is 5.11. The number of hydrogen-bond donors (Lipinski definition) is 1. The van der Waals surface area contributed by atoms with Gasteiger partial charge in [-0.3, -0.25) is 10.2 Å². The van der Waals surface area contributed by atoms with Crippen LogP contribution in [-0.2, 0) is 14.9 Å². The van der Waals surface area contributed by atoms with Crippen molar-refractivity contribution in [2.24, 2.45) is 0 Å². The topological polar surface area (TPSA) is 77.9 Å².